The maximum atomic E-state index is 10.6. The third-order valence-corrected chi connectivity index (χ3v) is 4.72. The van der Waals surface area contributed by atoms with E-state index in [2.05, 4.69) is 4.90 Å². The topological polar surface area (TPSA) is 62.2 Å². The second kappa shape index (κ2) is 7.71. The first-order valence-corrected chi connectivity index (χ1v) is 7.83. The van der Waals surface area contributed by atoms with Gasteiger partial charge in [-0.05, 0) is 19.3 Å². The van der Waals surface area contributed by atoms with Crippen molar-refractivity contribution in [3.63, 3.8) is 0 Å². The van der Waals surface area contributed by atoms with Gasteiger partial charge in [0, 0.05) is 32.7 Å². The van der Waals surface area contributed by atoms with Gasteiger partial charge in [0.15, 0.2) is 0 Å². The number of hydrogen-bond donors (Lipinski definition) is 2. The third-order valence-electron chi connectivity index (χ3n) is 4.72. The Balaban J connectivity index is 1.69. The number of aliphatic hydroxyl groups is 2. The van der Waals surface area contributed by atoms with Crippen molar-refractivity contribution in [2.24, 2.45) is 5.92 Å². The number of fused-ring (bicyclic) bond motifs is 1. The molecule has 0 aromatic carbocycles. The normalized spacial score (nSPS) is 32.9. The van der Waals surface area contributed by atoms with E-state index in [1.54, 1.807) is 7.11 Å². The number of likely N-dealkylation sites (tertiary alicyclic amines) is 1. The van der Waals surface area contributed by atoms with E-state index in [9.17, 15) is 10.2 Å². The monoisotopic (exact) mass is 287 g/mol. The fourth-order valence-corrected chi connectivity index (χ4v) is 3.52. The lowest BCUT2D eigenvalue weighted by Crippen LogP contribution is -2.54. The fourth-order valence-electron chi connectivity index (χ4n) is 3.52. The molecule has 5 nitrogen and oxygen atoms in total. The Morgan fingerprint density at radius 1 is 1.30 bits per heavy atom. The summed E-state index contributed by atoms with van der Waals surface area (Å²) in [6.07, 6.45) is 4.84. The van der Waals surface area contributed by atoms with Crippen LogP contribution in [0.1, 0.15) is 32.1 Å². The van der Waals surface area contributed by atoms with Gasteiger partial charge in [0.05, 0.1) is 31.5 Å². The molecule has 1 saturated carbocycles. The van der Waals surface area contributed by atoms with Crippen LogP contribution < -0.4 is 0 Å². The SMILES string of the molecule is COCCOCC(O)CN1CCC2(O)CCCCC2C1. The van der Waals surface area contributed by atoms with Gasteiger partial charge in [-0.2, -0.15) is 0 Å². The molecule has 3 unspecified atom stereocenters. The van der Waals surface area contributed by atoms with Gasteiger partial charge in [0.2, 0.25) is 0 Å². The number of aliphatic hydroxyl groups excluding tert-OH is 1. The number of rotatable bonds is 7. The molecule has 1 saturated heterocycles. The predicted octanol–water partition coefficient (Wildman–Crippen LogP) is 0.637. The molecule has 0 aromatic heterocycles. The van der Waals surface area contributed by atoms with Gasteiger partial charge >= 0.3 is 0 Å². The van der Waals surface area contributed by atoms with Crippen molar-refractivity contribution < 1.29 is 19.7 Å². The molecule has 2 aliphatic rings. The molecule has 0 radical (unpaired) electrons. The summed E-state index contributed by atoms with van der Waals surface area (Å²) < 4.78 is 10.3. The first kappa shape index (κ1) is 16.2. The molecule has 5 heteroatoms. The van der Waals surface area contributed by atoms with Crippen LogP contribution in [-0.2, 0) is 9.47 Å². The van der Waals surface area contributed by atoms with E-state index in [1.165, 1.54) is 6.42 Å². The van der Waals surface area contributed by atoms with Crippen molar-refractivity contribution in [2.45, 2.75) is 43.8 Å². The second-order valence-electron chi connectivity index (χ2n) is 6.28. The third kappa shape index (κ3) is 4.40. The van der Waals surface area contributed by atoms with Crippen LogP contribution >= 0.6 is 0 Å². The first-order chi connectivity index (χ1) is 9.64. The van der Waals surface area contributed by atoms with Gasteiger partial charge in [-0.25, -0.2) is 0 Å². The Bertz CT molecular complexity index is 289. The molecular weight excluding hydrogens is 258 g/mol. The van der Waals surface area contributed by atoms with Crippen LogP contribution in [0.3, 0.4) is 0 Å². The van der Waals surface area contributed by atoms with Crippen LogP contribution in [0, 0.1) is 5.92 Å². The smallest absolute Gasteiger partial charge is 0.0900 e. The lowest BCUT2D eigenvalue weighted by atomic mass is 9.71. The molecular formula is C15H29NO4. The molecule has 118 valence electrons. The van der Waals surface area contributed by atoms with Gasteiger partial charge in [0.25, 0.3) is 0 Å². The standard InChI is InChI=1S/C15H29NO4/c1-19-8-9-20-12-14(17)11-16-7-6-15(18)5-3-2-4-13(15)10-16/h13-14,17-18H,2-12H2,1H3. The van der Waals surface area contributed by atoms with Crippen LogP contribution in [0.5, 0.6) is 0 Å². The minimum Gasteiger partial charge on any atom is -0.390 e. The van der Waals surface area contributed by atoms with Gasteiger partial charge in [-0.15, -0.1) is 0 Å². The predicted molar refractivity (Wildman–Crippen MR) is 76.7 cm³/mol. The average Bonchev–Trinajstić information content (AvgIpc) is 2.44. The number of piperidine rings is 1. The van der Waals surface area contributed by atoms with Crippen molar-refractivity contribution in [3.05, 3.63) is 0 Å². The average molecular weight is 287 g/mol. The zero-order valence-electron chi connectivity index (χ0n) is 12.6. The molecule has 2 N–H and O–H groups in total. The van der Waals surface area contributed by atoms with Crippen molar-refractivity contribution >= 4 is 0 Å². The van der Waals surface area contributed by atoms with E-state index in [0.717, 1.165) is 38.8 Å². The Hall–Kier alpha value is -0.200. The van der Waals surface area contributed by atoms with Gasteiger partial charge < -0.3 is 24.6 Å². The minimum absolute atomic E-state index is 0.356. The molecule has 1 aliphatic carbocycles. The Morgan fingerprint density at radius 2 is 2.15 bits per heavy atom. The van der Waals surface area contributed by atoms with E-state index in [4.69, 9.17) is 9.47 Å². The Morgan fingerprint density at radius 3 is 2.95 bits per heavy atom. The van der Waals surface area contributed by atoms with Crippen LogP contribution in [0.15, 0.2) is 0 Å². The zero-order chi connectivity index (χ0) is 14.4. The van der Waals surface area contributed by atoms with Crippen molar-refractivity contribution in [3.8, 4) is 0 Å². The summed E-state index contributed by atoms with van der Waals surface area (Å²) in [5.74, 6) is 0.381. The highest BCUT2D eigenvalue weighted by atomic mass is 16.5. The van der Waals surface area contributed by atoms with Crippen LogP contribution in [0.4, 0.5) is 0 Å². The molecule has 2 fully saturated rings. The molecule has 0 amide bonds. The summed E-state index contributed by atoms with van der Waals surface area (Å²) in [4.78, 5) is 2.27. The van der Waals surface area contributed by atoms with Crippen LogP contribution in [0.25, 0.3) is 0 Å². The minimum atomic E-state index is -0.457. The van der Waals surface area contributed by atoms with E-state index in [1.807, 2.05) is 0 Å². The molecule has 0 bridgehead atoms. The maximum absolute atomic E-state index is 10.6. The van der Waals surface area contributed by atoms with Crippen molar-refractivity contribution in [2.75, 3.05) is 46.6 Å². The second-order valence-corrected chi connectivity index (χ2v) is 6.28. The van der Waals surface area contributed by atoms with Crippen LogP contribution in [-0.4, -0.2) is 73.4 Å². The van der Waals surface area contributed by atoms with Crippen LogP contribution in [0.2, 0.25) is 0 Å². The summed E-state index contributed by atoms with van der Waals surface area (Å²) in [5, 5.41) is 20.6. The van der Waals surface area contributed by atoms with E-state index in [0.29, 0.717) is 32.3 Å². The highest BCUT2D eigenvalue weighted by Gasteiger charge is 2.42. The molecule has 2 rings (SSSR count). The summed E-state index contributed by atoms with van der Waals surface area (Å²) in [6, 6.07) is 0. The number of β-amino-alcohol motifs (C(OH)–C–C–N with tert-alkyl or cyclic N) is 1. The van der Waals surface area contributed by atoms with Crippen molar-refractivity contribution in [1.82, 2.24) is 4.90 Å². The molecule has 0 spiro atoms. The van der Waals surface area contributed by atoms with Gasteiger partial charge in [-0.1, -0.05) is 12.8 Å². The lowest BCUT2D eigenvalue weighted by Gasteiger charge is -2.47. The molecule has 20 heavy (non-hydrogen) atoms. The highest BCUT2D eigenvalue weighted by molar-refractivity contribution is 4.95. The summed E-state index contributed by atoms with van der Waals surface area (Å²) in [7, 11) is 1.64. The van der Waals surface area contributed by atoms with Gasteiger partial charge in [0.1, 0.15) is 0 Å². The number of ether oxygens (including phenoxy) is 2. The van der Waals surface area contributed by atoms with E-state index >= 15 is 0 Å². The first-order valence-electron chi connectivity index (χ1n) is 7.83. The number of hydrogen-bond acceptors (Lipinski definition) is 5. The Kier molecular flexibility index (Phi) is 6.23. The molecule has 1 heterocycles. The van der Waals surface area contributed by atoms with Gasteiger partial charge in [-0.3, -0.25) is 0 Å². The highest BCUT2D eigenvalue weighted by Crippen LogP contribution is 2.39. The molecule has 3 atom stereocenters. The number of methoxy groups -OCH3 is 1. The fraction of sp³-hybridized carbons (Fsp3) is 1.00. The summed E-state index contributed by atoms with van der Waals surface area (Å²) in [6.45, 7) is 3.86. The van der Waals surface area contributed by atoms with Crippen molar-refractivity contribution in [1.29, 1.82) is 0 Å². The summed E-state index contributed by atoms with van der Waals surface area (Å²) in [5.41, 5.74) is -0.436. The summed E-state index contributed by atoms with van der Waals surface area (Å²) >= 11 is 0. The number of nitrogens with zero attached hydrogens (tertiary/aromatic N) is 1. The molecule has 0 aromatic rings. The molecule has 1 aliphatic heterocycles. The van der Waals surface area contributed by atoms with E-state index < -0.39 is 11.7 Å². The maximum Gasteiger partial charge on any atom is 0.0900 e. The zero-order valence-corrected chi connectivity index (χ0v) is 12.6. The lowest BCUT2D eigenvalue weighted by molar-refractivity contribution is -0.103. The Labute approximate surface area is 121 Å². The van der Waals surface area contributed by atoms with E-state index in [-0.39, 0.29) is 0 Å². The quantitative estimate of drug-likeness (QED) is 0.673. The largest absolute Gasteiger partial charge is 0.390 e.